The van der Waals surface area contributed by atoms with Gasteiger partial charge in [-0.15, -0.1) is 0 Å². The molecule has 2 aliphatic heterocycles. The summed E-state index contributed by atoms with van der Waals surface area (Å²) in [7, 11) is 1.68. The van der Waals surface area contributed by atoms with Gasteiger partial charge < -0.3 is 15.4 Å². The third kappa shape index (κ3) is 5.19. The van der Waals surface area contributed by atoms with Crippen LogP contribution in [0.2, 0.25) is 0 Å². The molecule has 164 valence electrons. The summed E-state index contributed by atoms with van der Waals surface area (Å²) in [6.45, 7) is 9.11. The van der Waals surface area contributed by atoms with Gasteiger partial charge in [0.1, 0.15) is 5.82 Å². The minimum absolute atomic E-state index is 0.156. The van der Waals surface area contributed by atoms with Crippen LogP contribution in [0, 0.1) is 5.82 Å². The van der Waals surface area contributed by atoms with E-state index in [0.717, 1.165) is 42.3 Å². The fourth-order valence-electron chi connectivity index (χ4n) is 4.34. The summed E-state index contributed by atoms with van der Waals surface area (Å²) >= 11 is 1.97. The topological polar surface area (TPSA) is 33.3 Å². The Morgan fingerprint density at radius 1 is 1.17 bits per heavy atom. The molecule has 0 amide bonds. The first-order valence-corrected chi connectivity index (χ1v) is 12.3. The minimum Gasteiger partial charge on any atom is -0.384 e. The molecule has 2 heterocycles. The monoisotopic (exact) mass is 430 g/mol. The van der Waals surface area contributed by atoms with Crippen LogP contribution in [0.5, 0.6) is 0 Å². The van der Waals surface area contributed by atoms with E-state index in [0.29, 0.717) is 5.92 Å². The van der Waals surface area contributed by atoms with E-state index in [1.165, 1.54) is 35.2 Å². The average molecular weight is 431 g/mol. The molecule has 0 bridgehead atoms. The van der Waals surface area contributed by atoms with Crippen LogP contribution >= 0.6 is 11.8 Å². The van der Waals surface area contributed by atoms with Crippen molar-refractivity contribution in [1.82, 2.24) is 5.32 Å². The number of piperidine rings is 1. The van der Waals surface area contributed by atoms with Crippen molar-refractivity contribution >= 4 is 17.4 Å². The van der Waals surface area contributed by atoms with Crippen LogP contribution in [-0.2, 0) is 10.5 Å². The molecule has 5 heteroatoms. The van der Waals surface area contributed by atoms with Crippen LogP contribution in [0.25, 0.3) is 11.1 Å². The zero-order chi connectivity index (χ0) is 21.5. The first-order chi connectivity index (χ1) is 14.7. The van der Waals surface area contributed by atoms with Gasteiger partial charge in [-0.1, -0.05) is 19.9 Å². The molecule has 4 rings (SSSR count). The summed E-state index contributed by atoms with van der Waals surface area (Å²) in [6.07, 6.45) is 2.26. The van der Waals surface area contributed by atoms with E-state index in [-0.39, 0.29) is 11.9 Å². The predicted molar refractivity (Wildman–Crippen MR) is 128 cm³/mol. The zero-order valence-electron chi connectivity index (χ0n) is 18.7. The summed E-state index contributed by atoms with van der Waals surface area (Å²) in [4.78, 5) is 0. The van der Waals surface area contributed by atoms with Gasteiger partial charge in [0.05, 0.1) is 6.10 Å². The number of methoxy groups -OCH3 is 1. The molecule has 2 atom stereocenters. The fraction of sp³-hybridized carbons (Fsp3) is 0.520. The summed E-state index contributed by atoms with van der Waals surface area (Å²) < 4.78 is 19.5. The normalized spacial score (nSPS) is 19.6. The van der Waals surface area contributed by atoms with E-state index in [1.54, 1.807) is 19.2 Å². The Hall–Kier alpha value is -1.56. The SMILES string of the molecule is CC.COC(C)c1cc(F)ccc1-c1cc2c(c(C3CCCNC3)c1)NCCSC2. The number of hydrogen-bond acceptors (Lipinski definition) is 4. The number of ether oxygens (including phenoxy) is 1. The van der Waals surface area contributed by atoms with E-state index in [1.807, 2.05) is 38.6 Å². The molecule has 2 aliphatic rings. The second kappa shape index (κ2) is 11.2. The van der Waals surface area contributed by atoms with E-state index < -0.39 is 0 Å². The summed E-state index contributed by atoms with van der Waals surface area (Å²) in [6, 6.07) is 9.70. The molecule has 2 N–H and O–H groups in total. The molecule has 3 nitrogen and oxygen atoms in total. The van der Waals surface area contributed by atoms with Gasteiger partial charge in [-0.3, -0.25) is 0 Å². The number of halogens is 1. The summed E-state index contributed by atoms with van der Waals surface area (Å²) in [5.41, 5.74) is 7.24. The molecule has 1 fully saturated rings. The Bertz CT molecular complexity index is 836. The van der Waals surface area contributed by atoms with Gasteiger partial charge in [-0.2, -0.15) is 11.8 Å². The molecule has 0 spiro atoms. The number of thioether (sulfide) groups is 1. The maximum Gasteiger partial charge on any atom is 0.123 e. The van der Waals surface area contributed by atoms with Gasteiger partial charge in [0, 0.05) is 37.4 Å². The van der Waals surface area contributed by atoms with Crippen molar-refractivity contribution in [2.24, 2.45) is 0 Å². The lowest BCUT2D eigenvalue weighted by atomic mass is 9.85. The molecule has 2 aromatic carbocycles. The molecule has 0 saturated carbocycles. The maximum atomic E-state index is 14.0. The molecule has 0 radical (unpaired) electrons. The number of hydrogen-bond donors (Lipinski definition) is 2. The number of fused-ring (bicyclic) bond motifs is 1. The predicted octanol–water partition coefficient (Wildman–Crippen LogP) is 6.35. The quantitative estimate of drug-likeness (QED) is 0.592. The van der Waals surface area contributed by atoms with E-state index in [9.17, 15) is 4.39 Å². The summed E-state index contributed by atoms with van der Waals surface area (Å²) in [5, 5.41) is 7.25. The second-order valence-corrected chi connectivity index (χ2v) is 8.84. The second-order valence-electron chi connectivity index (χ2n) is 7.73. The van der Waals surface area contributed by atoms with Crippen molar-refractivity contribution in [1.29, 1.82) is 0 Å². The van der Waals surface area contributed by atoms with Crippen LogP contribution in [0.1, 0.15) is 62.3 Å². The number of benzene rings is 2. The third-order valence-corrected chi connectivity index (χ3v) is 6.92. The highest BCUT2D eigenvalue weighted by atomic mass is 32.2. The van der Waals surface area contributed by atoms with Crippen molar-refractivity contribution in [3.8, 4) is 11.1 Å². The van der Waals surface area contributed by atoms with Gasteiger partial charge >= 0.3 is 0 Å². The lowest BCUT2D eigenvalue weighted by molar-refractivity contribution is 0.119. The molecule has 2 aromatic rings. The molecular weight excluding hydrogens is 395 g/mol. The van der Waals surface area contributed by atoms with Gasteiger partial charge in [-0.25, -0.2) is 4.39 Å². The minimum atomic E-state index is -0.216. The van der Waals surface area contributed by atoms with Crippen LogP contribution < -0.4 is 10.6 Å². The Morgan fingerprint density at radius 3 is 2.73 bits per heavy atom. The van der Waals surface area contributed by atoms with Crippen molar-refractivity contribution in [2.75, 3.05) is 37.8 Å². The van der Waals surface area contributed by atoms with Crippen molar-refractivity contribution in [2.45, 2.75) is 51.4 Å². The Kier molecular flexibility index (Phi) is 8.61. The fourth-order valence-corrected chi connectivity index (χ4v) is 5.18. The van der Waals surface area contributed by atoms with Crippen LogP contribution in [0.3, 0.4) is 0 Å². The van der Waals surface area contributed by atoms with Crippen molar-refractivity contribution < 1.29 is 9.13 Å². The standard InChI is InChI=1S/C23H29FN2OS.C2H6/c1-15(27-2)21-12-19(24)5-6-20(21)17-10-18-14-28-9-8-26-23(18)22(11-17)16-4-3-7-25-13-16;1-2/h5-6,10-12,15-16,25-26H,3-4,7-9,13-14H2,1-2H3;1-2H3. The van der Waals surface area contributed by atoms with Gasteiger partial charge in [-0.05, 0) is 84.3 Å². The Morgan fingerprint density at radius 2 is 2.00 bits per heavy atom. The third-order valence-electron chi connectivity index (χ3n) is 5.91. The van der Waals surface area contributed by atoms with Crippen LogP contribution in [0.15, 0.2) is 30.3 Å². The first-order valence-electron chi connectivity index (χ1n) is 11.2. The first kappa shape index (κ1) is 23.1. The zero-order valence-corrected chi connectivity index (χ0v) is 19.5. The van der Waals surface area contributed by atoms with E-state index in [4.69, 9.17) is 4.74 Å². The molecular formula is C25H35FN2OS. The van der Waals surface area contributed by atoms with Crippen molar-refractivity contribution in [3.05, 3.63) is 52.8 Å². The smallest absolute Gasteiger partial charge is 0.123 e. The summed E-state index contributed by atoms with van der Waals surface area (Å²) in [5.74, 6) is 2.43. The number of nitrogens with one attached hydrogen (secondary N) is 2. The number of rotatable bonds is 4. The molecule has 30 heavy (non-hydrogen) atoms. The largest absolute Gasteiger partial charge is 0.384 e. The highest BCUT2D eigenvalue weighted by molar-refractivity contribution is 7.98. The van der Waals surface area contributed by atoms with Gasteiger partial charge in [0.25, 0.3) is 0 Å². The van der Waals surface area contributed by atoms with Gasteiger partial charge in [0.15, 0.2) is 0 Å². The van der Waals surface area contributed by atoms with Crippen LogP contribution in [-0.4, -0.2) is 32.5 Å². The highest BCUT2D eigenvalue weighted by Crippen LogP contribution is 2.40. The maximum absolute atomic E-state index is 14.0. The van der Waals surface area contributed by atoms with Crippen molar-refractivity contribution in [3.63, 3.8) is 0 Å². The van der Waals surface area contributed by atoms with Crippen LogP contribution in [0.4, 0.5) is 10.1 Å². The lowest BCUT2D eigenvalue weighted by Crippen LogP contribution is -2.29. The molecule has 0 aliphatic carbocycles. The van der Waals surface area contributed by atoms with E-state index >= 15 is 0 Å². The lowest BCUT2D eigenvalue weighted by Gasteiger charge is -2.27. The van der Waals surface area contributed by atoms with Gasteiger partial charge in [0.2, 0.25) is 0 Å². The average Bonchev–Trinajstić information content (AvgIpc) is 3.05. The highest BCUT2D eigenvalue weighted by Gasteiger charge is 2.23. The molecule has 0 aromatic heterocycles. The molecule has 1 saturated heterocycles. The number of anilines is 1. The Labute approximate surface area is 185 Å². The molecule has 2 unspecified atom stereocenters. The Balaban J connectivity index is 0.00000124. The van der Waals surface area contributed by atoms with E-state index in [2.05, 4.69) is 22.8 Å².